The normalized spacial score (nSPS) is 14.6. The van der Waals surface area contributed by atoms with Gasteiger partial charge in [0.15, 0.2) is 0 Å². The first-order chi connectivity index (χ1) is 16.0. The van der Waals surface area contributed by atoms with Crippen LogP contribution in [0.4, 0.5) is 14.9 Å². The van der Waals surface area contributed by atoms with E-state index in [1.807, 2.05) is 57.2 Å². The molecular formula is C28H31FN2O3. The van der Waals surface area contributed by atoms with Gasteiger partial charge in [-0.3, -0.25) is 4.90 Å². The molecule has 0 N–H and O–H groups in total. The molecule has 178 valence electrons. The molecule has 3 aromatic rings. The molecule has 1 amide bonds. The molecule has 6 heteroatoms. The molecule has 1 aliphatic rings. The van der Waals surface area contributed by atoms with E-state index < -0.39 is 11.7 Å². The molecule has 0 spiro atoms. The molecule has 0 radical (unpaired) electrons. The van der Waals surface area contributed by atoms with Crippen molar-refractivity contribution in [3.05, 3.63) is 88.9 Å². The average molecular weight is 463 g/mol. The van der Waals surface area contributed by atoms with E-state index in [2.05, 4.69) is 13.8 Å². The van der Waals surface area contributed by atoms with E-state index in [1.165, 1.54) is 12.1 Å². The minimum atomic E-state index is -0.604. The summed E-state index contributed by atoms with van der Waals surface area (Å²) in [7, 11) is 0. The Bertz CT molecular complexity index is 1170. The number of carbonyl (C=O) groups is 1. The average Bonchev–Trinajstić information content (AvgIpc) is 3.03. The molecule has 0 fully saturated rings. The van der Waals surface area contributed by atoms with Crippen LogP contribution >= 0.6 is 0 Å². The van der Waals surface area contributed by atoms with Gasteiger partial charge in [0, 0.05) is 23.9 Å². The number of anilines is 1. The highest BCUT2D eigenvalue weighted by molar-refractivity contribution is 5.91. The summed E-state index contributed by atoms with van der Waals surface area (Å²) in [4.78, 5) is 19.6. The number of rotatable bonds is 5. The highest BCUT2D eigenvalue weighted by Gasteiger charge is 2.42. The second kappa shape index (κ2) is 9.09. The Morgan fingerprint density at radius 2 is 1.74 bits per heavy atom. The number of benzene rings is 2. The summed E-state index contributed by atoms with van der Waals surface area (Å²) in [6.45, 7) is 10.5. The van der Waals surface area contributed by atoms with Crippen LogP contribution < -0.4 is 9.64 Å². The first-order valence-corrected chi connectivity index (χ1v) is 11.5. The van der Waals surface area contributed by atoms with Gasteiger partial charge in [-0.1, -0.05) is 56.3 Å². The molecule has 0 atom stereocenters. The van der Waals surface area contributed by atoms with E-state index in [0.29, 0.717) is 25.5 Å². The van der Waals surface area contributed by atoms with Gasteiger partial charge in [0.2, 0.25) is 5.88 Å². The van der Waals surface area contributed by atoms with Crippen LogP contribution in [0.3, 0.4) is 0 Å². The van der Waals surface area contributed by atoms with Crippen LogP contribution in [0.25, 0.3) is 0 Å². The first-order valence-electron chi connectivity index (χ1n) is 11.5. The summed E-state index contributed by atoms with van der Waals surface area (Å²) in [5.41, 5.74) is 3.33. The number of carbonyl (C=O) groups excluding carboxylic acids is 1. The summed E-state index contributed by atoms with van der Waals surface area (Å²) >= 11 is 0. The molecule has 34 heavy (non-hydrogen) atoms. The van der Waals surface area contributed by atoms with Crippen LogP contribution in [-0.4, -0.2) is 23.2 Å². The molecule has 0 saturated carbocycles. The van der Waals surface area contributed by atoms with Crippen LogP contribution in [0.2, 0.25) is 0 Å². The zero-order chi connectivity index (χ0) is 24.5. The van der Waals surface area contributed by atoms with Crippen LogP contribution in [0.1, 0.15) is 57.0 Å². The molecule has 0 saturated heterocycles. The number of hydrogen-bond acceptors (Lipinski definition) is 4. The van der Waals surface area contributed by atoms with Gasteiger partial charge >= 0.3 is 6.09 Å². The Labute approximate surface area is 200 Å². The monoisotopic (exact) mass is 462 g/mol. The fourth-order valence-electron chi connectivity index (χ4n) is 4.06. The van der Waals surface area contributed by atoms with Crippen molar-refractivity contribution in [1.29, 1.82) is 0 Å². The predicted molar refractivity (Wildman–Crippen MR) is 131 cm³/mol. The fourth-order valence-corrected chi connectivity index (χ4v) is 4.06. The summed E-state index contributed by atoms with van der Waals surface area (Å²) in [6, 6.07) is 18.2. The molecule has 0 bridgehead atoms. The van der Waals surface area contributed by atoms with Crippen LogP contribution in [0.5, 0.6) is 5.88 Å². The fraction of sp³-hybridized carbons (Fsp3) is 0.357. The van der Waals surface area contributed by atoms with E-state index >= 15 is 0 Å². The number of ether oxygens (including phenoxy) is 2. The van der Waals surface area contributed by atoms with Gasteiger partial charge in [-0.25, -0.2) is 14.2 Å². The minimum Gasteiger partial charge on any atom is -0.473 e. The maximum absolute atomic E-state index is 13.5. The molecule has 2 aromatic carbocycles. The Kier molecular flexibility index (Phi) is 6.34. The van der Waals surface area contributed by atoms with Crippen molar-refractivity contribution >= 4 is 11.8 Å². The maximum Gasteiger partial charge on any atom is 0.414 e. The van der Waals surface area contributed by atoms with Crippen LogP contribution in [0.15, 0.2) is 60.7 Å². The quantitative estimate of drug-likeness (QED) is 0.439. The van der Waals surface area contributed by atoms with Gasteiger partial charge in [0.05, 0.1) is 11.4 Å². The first kappa shape index (κ1) is 23.7. The van der Waals surface area contributed by atoms with Crippen molar-refractivity contribution in [2.45, 2.75) is 58.7 Å². The van der Waals surface area contributed by atoms with Crippen molar-refractivity contribution in [3.63, 3.8) is 0 Å². The Morgan fingerprint density at radius 1 is 1.06 bits per heavy atom. The largest absolute Gasteiger partial charge is 0.473 e. The second-order valence-electron chi connectivity index (χ2n) is 10.3. The highest BCUT2D eigenvalue weighted by Crippen LogP contribution is 2.42. The van der Waals surface area contributed by atoms with Gasteiger partial charge in [0.25, 0.3) is 0 Å². The topological polar surface area (TPSA) is 51.7 Å². The maximum atomic E-state index is 13.5. The van der Waals surface area contributed by atoms with Gasteiger partial charge < -0.3 is 9.47 Å². The standard InChI is InChI=1S/C28H31FN2O3/c1-27(2,3)34-26(32)31-18-28(4,5)24-23(31)16-21(15-19-11-13-22(29)14-12-19)25(30-24)33-17-20-9-7-6-8-10-20/h6-14,16H,15,17-18H2,1-5H3. The van der Waals surface area contributed by atoms with E-state index in [0.717, 1.165) is 28.1 Å². The molecule has 5 nitrogen and oxygen atoms in total. The van der Waals surface area contributed by atoms with Crippen molar-refractivity contribution in [2.75, 3.05) is 11.4 Å². The summed E-state index contributed by atoms with van der Waals surface area (Å²) in [6.07, 6.45) is 0.0969. The minimum absolute atomic E-state index is 0.283. The van der Waals surface area contributed by atoms with Gasteiger partial charge in [-0.2, -0.15) is 0 Å². The third kappa shape index (κ3) is 5.38. The number of fused-ring (bicyclic) bond motifs is 1. The highest BCUT2D eigenvalue weighted by atomic mass is 19.1. The predicted octanol–water partition coefficient (Wildman–Crippen LogP) is 6.42. The molecule has 1 aromatic heterocycles. The Morgan fingerprint density at radius 3 is 2.38 bits per heavy atom. The zero-order valence-corrected chi connectivity index (χ0v) is 20.4. The molecule has 0 aliphatic carbocycles. The molecular weight excluding hydrogens is 431 g/mol. The lowest BCUT2D eigenvalue weighted by Gasteiger charge is -2.25. The van der Waals surface area contributed by atoms with Crippen LogP contribution in [-0.2, 0) is 23.2 Å². The van der Waals surface area contributed by atoms with Gasteiger partial charge in [-0.15, -0.1) is 0 Å². The third-order valence-corrected chi connectivity index (χ3v) is 5.67. The van der Waals surface area contributed by atoms with Crippen molar-refractivity contribution < 1.29 is 18.7 Å². The molecule has 2 heterocycles. The van der Waals surface area contributed by atoms with Gasteiger partial charge in [0.1, 0.15) is 18.0 Å². The number of hydrogen-bond donors (Lipinski definition) is 0. The van der Waals surface area contributed by atoms with Crippen molar-refractivity contribution in [2.24, 2.45) is 0 Å². The SMILES string of the molecule is CC(C)(C)OC(=O)N1CC(C)(C)c2nc(OCc3ccccc3)c(Cc3ccc(F)cc3)cc21. The lowest BCUT2D eigenvalue weighted by Crippen LogP contribution is -2.38. The Hall–Kier alpha value is -3.41. The number of pyridine rings is 1. The van der Waals surface area contributed by atoms with Gasteiger partial charge in [-0.05, 0) is 50.1 Å². The van der Waals surface area contributed by atoms with E-state index in [-0.39, 0.29) is 11.2 Å². The number of halogens is 1. The van der Waals surface area contributed by atoms with E-state index in [4.69, 9.17) is 14.5 Å². The summed E-state index contributed by atoms with van der Waals surface area (Å²) in [5.74, 6) is 0.236. The zero-order valence-electron chi connectivity index (χ0n) is 20.4. The summed E-state index contributed by atoms with van der Waals surface area (Å²) in [5, 5.41) is 0. The molecule has 4 rings (SSSR count). The van der Waals surface area contributed by atoms with Crippen LogP contribution in [0, 0.1) is 5.82 Å². The van der Waals surface area contributed by atoms with Crippen molar-refractivity contribution in [3.8, 4) is 5.88 Å². The Balaban J connectivity index is 1.73. The third-order valence-electron chi connectivity index (χ3n) is 5.67. The van der Waals surface area contributed by atoms with Crippen molar-refractivity contribution in [1.82, 2.24) is 4.98 Å². The van der Waals surface area contributed by atoms with E-state index in [1.54, 1.807) is 17.0 Å². The molecule has 0 unspecified atom stereocenters. The lowest BCUT2D eigenvalue weighted by molar-refractivity contribution is 0.0579. The second-order valence-corrected chi connectivity index (χ2v) is 10.3. The lowest BCUT2D eigenvalue weighted by atomic mass is 9.91. The molecule has 1 aliphatic heterocycles. The number of aromatic nitrogens is 1. The number of nitrogens with zero attached hydrogens (tertiary/aromatic N) is 2. The summed E-state index contributed by atoms with van der Waals surface area (Å²) < 4.78 is 25.3. The van der Waals surface area contributed by atoms with E-state index in [9.17, 15) is 9.18 Å². The number of amides is 1. The smallest absolute Gasteiger partial charge is 0.414 e.